The van der Waals surface area contributed by atoms with E-state index in [0.717, 1.165) is 5.56 Å². The molecule has 0 N–H and O–H groups in total. The zero-order chi connectivity index (χ0) is 13.4. The van der Waals surface area contributed by atoms with Crippen molar-refractivity contribution in [3.05, 3.63) is 29.8 Å². The third-order valence-electron chi connectivity index (χ3n) is 2.46. The van der Waals surface area contributed by atoms with E-state index in [2.05, 4.69) is 0 Å². The van der Waals surface area contributed by atoms with Crippen LogP contribution < -0.4 is 4.74 Å². The smallest absolute Gasteiger partial charge is 0.218 e. The molecule has 0 aliphatic rings. The second-order valence-electron chi connectivity index (χ2n) is 3.70. The maximum absolute atomic E-state index is 12.1. The summed E-state index contributed by atoms with van der Waals surface area (Å²) < 4.78 is 15.8. The van der Waals surface area contributed by atoms with Crippen molar-refractivity contribution in [2.75, 3.05) is 20.3 Å². The van der Waals surface area contributed by atoms with E-state index in [0.29, 0.717) is 19.0 Å². The van der Waals surface area contributed by atoms with E-state index in [4.69, 9.17) is 14.2 Å². The highest BCUT2D eigenvalue weighted by molar-refractivity contribution is 5.84. The van der Waals surface area contributed by atoms with Gasteiger partial charge in [0.2, 0.25) is 6.29 Å². The summed E-state index contributed by atoms with van der Waals surface area (Å²) in [5, 5.41) is 0. The Hall–Kier alpha value is -1.39. The molecule has 0 bridgehead atoms. The van der Waals surface area contributed by atoms with E-state index in [1.165, 1.54) is 0 Å². The van der Waals surface area contributed by atoms with Crippen LogP contribution in [0.25, 0.3) is 0 Å². The molecule has 0 unspecified atom stereocenters. The van der Waals surface area contributed by atoms with E-state index in [1.807, 2.05) is 38.1 Å². The average Bonchev–Trinajstić information content (AvgIpc) is 2.39. The highest BCUT2D eigenvalue weighted by Gasteiger charge is 2.20. The summed E-state index contributed by atoms with van der Waals surface area (Å²) in [6.45, 7) is 4.56. The minimum Gasteiger partial charge on any atom is -0.496 e. The summed E-state index contributed by atoms with van der Waals surface area (Å²) >= 11 is 0. The molecule has 0 aromatic heterocycles. The summed E-state index contributed by atoms with van der Waals surface area (Å²) in [5.41, 5.74) is 0.842. The van der Waals surface area contributed by atoms with Crippen molar-refractivity contribution in [2.45, 2.75) is 26.6 Å². The normalized spacial score (nSPS) is 10.7. The van der Waals surface area contributed by atoms with Gasteiger partial charge in [-0.05, 0) is 19.9 Å². The van der Waals surface area contributed by atoms with Gasteiger partial charge in [-0.15, -0.1) is 0 Å². The number of Topliss-reactive ketones (excluding diaryl/α,β-unsaturated/α-hetero) is 1. The molecule has 0 spiro atoms. The highest BCUT2D eigenvalue weighted by Crippen LogP contribution is 2.18. The number of rotatable bonds is 8. The van der Waals surface area contributed by atoms with Crippen LogP contribution in [0.3, 0.4) is 0 Å². The third kappa shape index (κ3) is 4.13. The molecule has 4 heteroatoms. The Balaban J connectivity index is 2.72. The van der Waals surface area contributed by atoms with Gasteiger partial charge in [0.05, 0.1) is 7.11 Å². The molecule has 0 aliphatic heterocycles. The van der Waals surface area contributed by atoms with Gasteiger partial charge in [-0.1, -0.05) is 18.2 Å². The first-order chi connectivity index (χ1) is 8.72. The summed E-state index contributed by atoms with van der Waals surface area (Å²) in [6, 6.07) is 7.45. The van der Waals surface area contributed by atoms with E-state index >= 15 is 0 Å². The first kappa shape index (κ1) is 14.7. The van der Waals surface area contributed by atoms with E-state index < -0.39 is 6.29 Å². The van der Waals surface area contributed by atoms with Crippen molar-refractivity contribution in [1.29, 1.82) is 0 Å². The zero-order valence-corrected chi connectivity index (χ0v) is 11.1. The number of ether oxygens (including phenoxy) is 3. The molecule has 0 atom stereocenters. The fraction of sp³-hybridized carbons (Fsp3) is 0.500. The number of benzene rings is 1. The van der Waals surface area contributed by atoms with Crippen LogP contribution in [0, 0.1) is 0 Å². The number of para-hydroxylation sites is 1. The number of hydrogen-bond acceptors (Lipinski definition) is 4. The van der Waals surface area contributed by atoms with Gasteiger partial charge in [0.15, 0.2) is 5.78 Å². The summed E-state index contributed by atoms with van der Waals surface area (Å²) in [5.74, 6) is 0.612. The molecule has 0 heterocycles. The quantitative estimate of drug-likeness (QED) is 0.665. The van der Waals surface area contributed by atoms with Gasteiger partial charge in [-0.3, -0.25) is 4.79 Å². The minimum absolute atomic E-state index is 0.0943. The average molecular weight is 252 g/mol. The first-order valence-corrected chi connectivity index (χ1v) is 6.10. The fourth-order valence-electron chi connectivity index (χ4n) is 1.66. The lowest BCUT2D eigenvalue weighted by Crippen LogP contribution is -2.29. The molecule has 0 saturated carbocycles. The summed E-state index contributed by atoms with van der Waals surface area (Å²) in [7, 11) is 1.59. The van der Waals surface area contributed by atoms with Crippen molar-refractivity contribution in [2.24, 2.45) is 0 Å². The summed E-state index contributed by atoms with van der Waals surface area (Å²) in [4.78, 5) is 12.1. The number of methoxy groups -OCH3 is 1. The van der Waals surface area contributed by atoms with Gasteiger partial charge < -0.3 is 14.2 Å². The second kappa shape index (κ2) is 7.84. The van der Waals surface area contributed by atoms with Gasteiger partial charge in [-0.25, -0.2) is 0 Å². The molecular weight excluding hydrogens is 232 g/mol. The molecule has 18 heavy (non-hydrogen) atoms. The molecule has 4 nitrogen and oxygen atoms in total. The molecule has 0 radical (unpaired) electrons. The number of ketones is 1. The van der Waals surface area contributed by atoms with Crippen LogP contribution >= 0.6 is 0 Å². The SMILES string of the molecule is CCOC(OCC)C(=O)Cc1ccccc1OC. The second-order valence-corrected chi connectivity index (χ2v) is 3.70. The van der Waals surface area contributed by atoms with E-state index in [-0.39, 0.29) is 12.2 Å². The number of carbonyl (C=O) groups is 1. The minimum atomic E-state index is -0.787. The molecule has 1 rings (SSSR count). The third-order valence-corrected chi connectivity index (χ3v) is 2.46. The van der Waals surface area contributed by atoms with Crippen LogP contribution in [0.5, 0.6) is 5.75 Å². The molecule has 0 amide bonds. The molecule has 1 aromatic carbocycles. The predicted octanol–water partition coefficient (Wildman–Crippen LogP) is 2.21. The molecule has 0 saturated heterocycles. The van der Waals surface area contributed by atoms with Crippen LogP contribution in [0.15, 0.2) is 24.3 Å². The topological polar surface area (TPSA) is 44.8 Å². The first-order valence-electron chi connectivity index (χ1n) is 6.10. The predicted molar refractivity (Wildman–Crippen MR) is 68.7 cm³/mol. The lowest BCUT2D eigenvalue weighted by atomic mass is 10.1. The Kier molecular flexibility index (Phi) is 6.39. The molecule has 100 valence electrons. The van der Waals surface area contributed by atoms with E-state index in [1.54, 1.807) is 7.11 Å². The van der Waals surface area contributed by atoms with Crippen molar-refractivity contribution < 1.29 is 19.0 Å². The Morgan fingerprint density at radius 1 is 1.17 bits per heavy atom. The van der Waals surface area contributed by atoms with E-state index in [9.17, 15) is 4.79 Å². The molecule has 0 aliphatic carbocycles. The zero-order valence-electron chi connectivity index (χ0n) is 11.1. The maximum Gasteiger partial charge on any atom is 0.218 e. The maximum atomic E-state index is 12.1. The number of carbonyl (C=O) groups excluding carboxylic acids is 1. The Morgan fingerprint density at radius 3 is 2.33 bits per heavy atom. The van der Waals surface area contributed by atoms with Crippen LogP contribution in [0.2, 0.25) is 0 Å². The Bertz CT molecular complexity index is 370. The van der Waals surface area contributed by atoms with Crippen LogP contribution in [-0.4, -0.2) is 32.4 Å². The highest BCUT2D eigenvalue weighted by atomic mass is 16.7. The van der Waals surface area contributed by atoms with Crippen molar-refractivity contribution in [3.63, 3.8) is 0 Å². The monoisotopic (exact) mass is 252 g/mol. The van der Waals surface area contributed by atoms with Crippen molar-refractivity contribution in [1.82, 2.24) is 0 Å². The molecule has 0 fully saturated rings. The molecule has 1 aromatic rings. The van der Waals surface area contributed by atoms with Gasteiger partial charge in [0.1, 0.15) is 5.75 Å². The van der Waals surface area contributed by atoms with Crippen LogP contribution in [-0.2, 0) is 20.7 Å². The molecular formula is C14H20O4. The van der Waals surface area contributed by atoms with Gasteiger partial charge in [0.25, 0.3) is 0 Å². The fourth-order valence-corrected chi connectivity index (χ4v) is 1.66. The lowest BCUT2D eigenvalue weighted by Gasteiger charge is -2.16. The van der Waals surface area contributed by atoms with Crippen LogP contribution in [0.1, 0.15) is 19.4 Å². The number of hydrogen-bond donors (Lipinski definition) is 0. The van der Waals surface area contributed by atoms with Crippen molar-refractivity contribution in [3.8, 4) is 5.75 Å². The lowest BCUT2D eigenvalue weighted by molar-refractivity contribution is -0.167. The summed E-state index contributed by atoms with van der Waals surface area (Å²) in [6.07, 6.45) is -0.542. The Labute approximate surface area is 108 Å². The largest absolute Gasteiger partial charge is 0.496 e. The van der Waals surface area contributed by atoms with Gasteiger partial charge in [0, 0.05) is 25.2 Å². The standard InChI is InChI=1S/C14H20O4/c1-4-17-14(18-5-2)12(15)10-11-8-6-7-9-13(11)16-3/h6-9,14H,4-5,10H2,1-3H3. The Morgan fingerprint density at radius 2 is 1.78 bits per heavy atom. The van der Waals surface area contributed by atoms with Crippen LogP contribution in [0.4, 0.5) is 0 Å². The van der Waals surface area contributed by atoms with Gasteiger partial charge in [-0.2, -0.15) is 0 Å². The van der Waals surface area contributed by atoms with Gasteiger partial charge >= 0.3 is 0 Å². The van der Waals surface area contributed by atoms with Crippen molar-refractivity contribution >= 4 is 5.78 Å².